The van der Waals surface area contributed by atoms with Crippen LogP contribution < -0.4 is 0 Å². The van der Waals surface area contributed by atoms with Gasteiger partial charge < -0.3 is 4.42 Å². The number of H-pyrrole nitrogens is 1. The summed E-state index contributed by atoms with van der Waals surface area (Å²) < 4.78 is 5.13. The standard InChI is InChI=1S/C9H5ClN4O/c10-9-11-3-1-6(12-9)7-5-2-4-15-8(5)14-13-7/h1-4H,(H,13,14). The molecule has 0 aliphatic heterocycles. The third kappa shape index (κ3) is 1.28. The molecule has 0 aliphatic rings. The van der Waals surface area contributed by atoms with Gasteiger partial charge >= 0.3 is 0 Å². The molecule has 0 spiro atoms. The monoisotopic (exact) mass is 220 g/mol. The average Bonchev–Trinajstić information content (AvgIpc) is 2.77. The molecule has 3 aromatic heterocycles. The third-order valence-corrected chi connectivity index (χ3v) is 2.25. The van der Waals surface area contributed by atoms with Crippen LogP contribution in [0.3, 0.4) is 0 Å². The van der Waals surface area contributed by atoms with Crippen molar-refractivity contribution in [3.05, 3.63) is 29.9 Å². The Morgan fingerprint density at radius 3 is 3.13 bits per heavy atom. The van der Waals surface area contributed by atoms with E-state index in [9.17, 15) is 0 Å². The Bertz CT molecular complexity index is 615. The van der Waals surface area contributed by atoms with Gasteiger partial charge in [-0.05, 0) is 23.7 Å². The number of nitrogens with zero attached hydrogens (tertiary/aromatic N) is 3. The Labute approximate surface area is 89.1 Å². The van der Waals surface area contributed by atoms with Gasteiger partial charge in [-0.1, -0.05) is 0 Å². The molecule has 3 rings (SSSR count). The van der Waals surface area contributed by atoms with Gasteiger partial charge in [0.2, 0.25) is 11.0 Å². The number of hydrogen-bond acceptors (Lipinski definition) is 4. The molecule has 74 valence electrons. The molecule has 0 aromatic carbocycles. The molecule has 5 nitrogen and oxygen atoms in total. The molecule has 3 aromatic rings. The molecule has 0 bridgehead atoms. The largest absolute Gasteiger partial charge is 0.445 e. The topological polar surface area (TPSA) is 67.6 Å². The van der Waals surface area contributed by atoms with Gasteiger partial charge in [-0.15, -0.1) is 5.10 Å². The van der Waals surface area contributed by atoms with E-state index in [1.165, 1.54) is 0 Å². The number of fused-ring (bicyclic) bond motifs is 1. The van der Waals surface area contributed by atoms with E-state index in [0.717, 1.165) is 11.1 Å². The molecule has 0 saturated heterocycles. The summed E-state index contributed by atoms with van der Waals surface area (Å²) in [5, 5.41) is 7.92. The van der Waals surface area contributed by atoms with E-state index in [1.807, 2.05) is 6.07 Å². The van der Waals surface area contributed by atoms with Gasteiger partial charge in [0.15, 0.2) is 0 Å². The Morgan fingerprint density at radius 2 is 2.27 bits per heavy atom. The normalized spacial score (nSPS) is 11.0. The van der Waals surface area contributed by atoms with Crippen LogP contribution in [0.15, 0.2) is 29.0 Å². The molecule has 0 saturated carbocycles. The van der Waals surface area contributed by atoms with E-state index in [-0.39, 0.29) is 5.28 Å². The average molecular weight is 221 g/mol. The van der Waals surface area contributed by atoms with Crippen molar-refractivity contribution in [2.75, 3.05) is 0 Å². The van der Waals surface area contributed by atoms with Crippen LogP contribution in [0.4, 0.5) is 0 Å². The summed E-state index contributed by atoms with van der Waals surface area (Å²) in [5.74, 6) is 0. The van der Waals surface area contributed by atoms with Crippen LogP contribution in [0.2, 0.25) is 5.28 Å². The number of halogens is 1. The fourth-order valence-electron chi connectivity index (χ4n) is 1.41. The molecular formula is C9H5ClN4O. The first kappa shape index (κ1) is 8.43. The zero-order chi connectivity index (χ0) is 10.3. The Hall–Kier alpha value is -1.88. The van der Waals surface area contributed by atoms with Crippen LogP contribution in [0.1, 0.15) is 0 Å². The van der Waals surface area contributed by atoms with Crippen molar-refractivity contribution in [2.45, 2.75) is 0 Å². The van der Waals surface area contributed by atoms with Crippen LogP contribution in [0, 0.1) is 0 Å². The first-order chi connectivity index (χ1) is 7.34. The van der Waals surface area contributed by atoms with Gasteiger partial charge in [0.05, 0.1) is 23.0 Å². The summed E-state index contributed by atoms with van der Waals surface area (Å²) in [6.45, 7) is 0. The summed E-state index contributed by atoms with van der Waals surface area (Å²) in [7, 11) is 0. The fraction of sp³-hybridized carbons (Fsp3) is 0. The molecule has 0 aliphatic carbocycles. The summed E-state index contributed by atoms with van der Waals surface area (Å²) in [6.07, 6.45) is 3.18. The SMILES string of the molecule is Clc1nccc(-c2[nH]nc3occc23)n1. The van der Waals surface area contributed by atoms with Gasteiger partial charge in [-0.3, -0.25) is 5.10 Å². The molecule has 0 fully saturated rings. The second-order valence-corrected chi connectivity index (χ2v) is 3.29. The number of furan rings is 1. The lowest BCUT2D eigenvalue weighted by Gasteiger charge is -1.95. The van der Waals surface area contributed by atoms with Crippen molar-refractivity contribution >= 4 is 22.7 Å². The number of rotatable bonds is 1. The quantitative estimate of drug-likeness (QED) is 0.639. The van der Waals surface area contributed by atoms with Crippen molar-refractivity contribution in [3.63, 3.8) is 0 Å². The van der Waals surface area contributed by atoms with E-state index >= 15 is 0 Å². The first-order valence-electron chi connectivity index (χ1n) is 4.25. The maximum atomic E-state index is 5.71. The van der Waals surface area contributed by atoms with Crippen molar-refractivity contribution in [2.24, 2.45) is 0 Å². The van der Waals surface area contributed by atoms with Gasteiger partial charge in [0.25, 0.3) is 0 Å². The van der Waals surface area contributed by atoms with Crippen LogP contribution in [0.5, 0.6) is 0 Å². The van der Waals surface area contributed by atoms with Crippen LogP contribution >= 0.6 is 11.6 Å². The van der Waals surface area contributed by atoms with E-state index in [2.05, 4.69) is 20.2 Å². The van der Waals surface area contributed by atoms with E-state index in [1.54, 1.807) is 18.5 Å². The minimum atomic E-state index is 0.207. The lowest BCUT2D eigenvalue weighted by Crippen LogP contribution is -1.86. The van der Waals surface area contributed by atoms with E-state index in [4.69, 9.17) is 16.0 Å². The van der Waals surface area contributed by atoms with Gasteiger partial charge in [0, 0.05) is 6.20 Å². The number of nitrogens with one attached hydrogen (secondary N) is 1. The zero-order valence-corrected chi connectivity index (χ0v) is 8.19. The van der Waals surface area contributed by atoms with E-state index in [0.29, 0.717) is 11.4 Å². The highest BCUT2D eigenvalue weighted by molar-refractivity contribution is 6.28. The predicted molar refractivity (Wildman–Crippen MR) is 54.4 cm³/mol. The summed E-state index contributed by atoms with van der Waals surface area (Å²) in [5.41, 5.74) is 2.03. The highest BCUT2D eigenvalue weighted by Crippen LogP contribution is 2.25. The Morgan fingerprint density at radius 1 is 1.33 bits per heavy atom. The van der Waals surface area contributed by atoms with Gasteiger partial charge in [-0.2, -0.15) is 0 Å². The Kier molecular flexibility index (Phi) is 1.72. The second kappa shape index (κ2) is 3.06. The second-order valence-electron chi connectivity index (χ2n) is 2.95. The Balaban J connectivity index is 2.26. The highest BCUT2D eigenvalue weighted by atomic mass is 35.5. The molecule has 6 heteroatoms. The highest BCUT2D eigenvalue weighted by Gasteiger charge is 2.10. The molecule has 3 heterocycles. The molecule has 0 radical (unpaired) electrons. The van der Waals surface area contributed by atoms with Gasteiger partial charge in [-0.25, -0.2) is 9.97 Å². The molecule has 1 N–H and O–H groups in total. The maximum absolute atomic E-state index is 5.71. The van der Waals surface area contributed by atoms with Gasteiger partial charge in [0.1, 0.15) is 0 Å². The van der Waals surface area contributed by atoms with Crippen LogP contribution in [-0.2, 0) is 0 Å². The van der Waals surface area contributed by atoms with Crippen molar-refractivity contribution in [1.82, 2.24) is 20.2 Å². The van der Waals surface area contributed by atoms with E-state index < -0.39 is 0 Å². The smallest absolute Gasteiger partial charge is 0.245 e. The van der Waals surface area contributed by atoms with Crippen LogP contribution in [-0.4, -0.2) is 20.2 Å². The van der Waals surface area contributed by atoms with Crippen LogP contribution in [0.25, 0.3) is 22.5 Å². The molecule has 15 heavy (non-hydrogen) atoms. The van der Waals surface area contributed by atoms with Crippen molar-refractivity contribution in [3.8, 4) is 11.4 Å². The fourth-order valence-corrected chi connectivity index (χ4v) is 1.56. The predicted octanol–water partition coefficient (Wildman–Crippen LogP) is 2.27. The molecular weight excluding hydrogens is 216 g/mol. The lowest BCUT2D eigenvalue weighted by molar-refractivity contribution is 0.599. The summed E-state index contributed by atoms with van der Waals surface area (Å²) in [4.78, 5) is 7.90. The van der Waals surface area contributed by atoms with Crippen molar-refractivity contribution < 1.29 is 4.42 Å². The lowest BCUT2D eigenvalue weighted by atomic mass is 10.2. The minimum Gasteiger partial charge on any atom is -0.445 e. The minimum absolute atomic E-state index is 0.207. The number of aromatic nitrogens is 4. The molecule has 0 unspecified atom stereocenters. The summed E-state index contributed by atoms with van der Waals surface area (Å²) in [6, 6.07) is 3.58. The molecule has 0 amide bonds. The number of aromatic amines is 1. The summed E-state index contributed by atoms with van der Waals surface area (Å²) >= 11 is 5.71. The number of hydrogen-bond donors (Lipinski definition) is 1. The third-order valence-electron chi connectivity index (χ3n) is 2.07. The van der Waals surface area contributed by atoms with Crippen molar-refractivity contribution in [1.29, 1.82) is 0 Å². The first-order valence-corrected chi connectivity index (χ1v) is 4.63. The maximum Gasteiger partial charge on any atom is 0.245 e. The zero-order valence-electron chi connectivity index (χ0n) is 7.44. The molecule has 0 atom stereocenters.